The molecule has 1 saturated carbocycles. The van der Waals surface area contributed by atoms with Crippen LogP contribution < -0.4 is 16.0 Å². The van der Waals surface area contributed by atoms with Crippen LogP contribution in [0.2, 0.25) is 0 Å². The second-order valence-corrected chi connectivity index (χ2v) is 5.72. The minimum Gasteiger partial charge on any atom is -0.382 e. The van der Waals surface area contributed by atoms with Crippen LogP contribution in [0.5, 0.6) is 0 Å². The van der Waals surface area contributed by atoms with Crippen molar-refractivity contribution in [1.82, 2.24) is 10.3 Å². The molecule has 3 N–H and O–H groups in total. The van der Waals surface area contributed by atoms with Gasteiger partial charge in [0.1, 0.15) is 10.7 Å². The smallest absolute Gasteiger partial charge is 0.265 e. The molecule has 0 radical (unpaired) electrons. The molecule has 0 atom stereocenters. The van der Waals surface area contributed by atoms with Crippen LogP contribution in [-0.4, -0.2) is 30.0 Å². The molecule has 0 saturated heterocycles. The number of nitrogen functional groups attached to an aromatic ring is 1. The summed E-state index contributed by atoms with van der Waals surface area (Å²) in [6.07, 6.45) is 2.08. The van der Waals surface area contributed by atoms with E-state index in [9.17, 15) is 4.79 Å². The lowest BCUT2D eigenvalue weighted by Crippen LogP contribution is -2.34. The second-order valence-electron chi connectivity index (χ2n) is 4.74. The van der Waals surface area contributed by atoms with Gasteiger partial charge in [-0.15, -0.1) is 0 Å². The van der Waals surface area contributed by atoms with Crippen LogP contribution in [0.3, 0.4) is 0 Å². The quantitative estimate of drug-likeness (QED) is 0.853. The molecule has 0 aromatic carbocycles. The zero-order chi connectivity index (χ0) is 12.6. The van der Waals surface area contributed by atoms with Gasteiger partial charge in [-0.2, -0.15) is 0 Å². The maximum Gasteiger partial charge on any atom is 0.265 e. The van der Waals surface area contributed by atoms with E-state index in [1.165, 1.54) is 11.3 Å². The van der Waals surface area contributed by atoms with Crippen LogP contribution in [0.25, 0.3) is 0 Å². The van der Waals surface area contributed by atoms with Crippen molar-refractivity contribution < 1.29 is 4.79 Å². The summed E-state index contributed by atoms with van der Waals surface area (Å²) >= 11 is 1.35. The van der Waals surface area contributed by atoms with Crippen LogP contribution in [0.15, 0.2) is 0 Å². The highest BCUT2D eigenvalue weighted by Crippen LogP contribution is 2.35. The topological polar surface area (TPSA) is 71.2 Å². The highest BCUT2D eigenvalue weighted by atomic mass is 32.1. The number of carbonyl (C=O) groups is 1. The van der Waals surface area contributed by atoms with E-state index in [4.69, 9.17) is 5.73 Å². The summed E-state index contributed by atoms with van der Waals surface area (Å²) in [5, 5.41) is 3.78. The molecule has 6 heteroatoms. The molecule has 0 bridgehead atoms. The number of nitrogens with one attached hydrogen (secondary N) is 1. The second kappa shape index (κ2) is 4.18. The number of nitrogens with zero attached hydrogens (tertiary/aromatic N) is 2. The fraction of sp³-hybridized carbons (Fsp3) is 0.636. The third kappa shape index (κ3) is 2.52. The van der Waals surface area contributed by atoms with E-state index in [2.05, 4.69) is 10.3 Å². The molecule has 0 aliphatic heterocycles. The SMILES string of the molecule is CCN(C)c1nc(N)c(C(=O)NC2(C)CC2)s1. The molecule has 1 amide bonds. The number of hydrogen-bond donors (Lipinski definition) is 2. The molecule has 1 aromatic rings. The summed E-state index contributed by atoms with van der Waals surface area (Å²) in [5.41, 5.74) is 5.76. The van der Waals surface area contributed by atoms with Crippen molar-refractivity contribution in [2.24, 2.45) is 0 Å². The Morgan fingerprint density at radius 1 is 1.65 bits per heavy atom. The molecule has 0 unspecified atom stereocenters. The number of amides is 1. The summed E-state index contributed by atoms with van der Waals surface area (Å²) in [6, 6.07) is 0. The van der Waals surface area contributed by atoms with Crippen molar-refractivity contribution in [3.63, 3.8) is 0 Å². The zero-order valence-electron chi connectivity index (χ0n) is 10.4. The zero-order valence-corrected chi connectivity index (χ0v) is 11.2. The number of aromatic nitrogens is 1. The fourth-order valence-electron chi connectivity index (χ4n) is 1.42. The number of hydrogen-bond acceptors (Lipinski definition) is 5. The van der Waals surface area contributed by atoms with Crippen LogP contribution in [0, 0.1) is 0 Å². The predicted molar refractivity (Wildman–Crippen MR) is 70.6 cm³/mol. The van der Waals surface area contributed by atoms with E-state index in [0.717, 1.165) is 24.5 Å². The monoisotopic (exact) mass is 254 g/mol. The molecule has 1 aliphatic rings. The molecule has 1 heterocycles. The van der Waals surface area contributed by atoms with Gasteiger partial charge in [0.2, 0.25) is 0 Å². The van der Waals surface area contributed by atoms with E-state index < -0.39 is 0 Å². The third-order valence-electron chi connectivity index (χ3n) is 3.06. The van der Waals surface area contributed by atoms with Crippen LogP contribution in [0.1, 0.15) is 36.4 Å². The van der Waals surface area contributed by atoms with Crippen LogP contribution in [-0.2, 0) is 0 Å². The molecule has 2 rings (SSSR count). The average Bonchev–Trinajstić information content (AvgIpc) is 2.86. The summed E-state index contributed by atoms with van der Waals surface area (Å²) < 4.78 is 0. The largest absolute Gasteiger partial charge is 0.382 e. The molecule has 5 nitrogen and oxygen atoms in total. The molecular formula is C11H18N4OS. The predicted octanol–water partition coefficient (Wildman–Crippen LogP) is 1.46. The highest BCUT2D eigenvalue weighted by Gasteiger charge is 2.39. The molecule has 17 heavy (non-hydrogen) atoms. The molecule has 1 aliphatic carbocycles. The average molecular weight is 254 g/mol. The Morgan fingerprint density at radius 2 is 2.29 bits per heavy atom. The summed E-state index contributed by atoms with van der Waals surface area (Å²) in [4.78, 5) is 18.7. The molecule has 1 aromatic heterocycles. The summed E-state index contributed by atoms with van der Waals surface area (Å²) in [6.45, 7) is 4.91. The normalized spacial score (nSPS) is 16.6. The Balaban J connectivity index is 2.14. The maximum atomic E-state index is 12.0. The Bertz CT molecular complexity index is 439. The van der Waals surface area contributed by atoms with Gasteiger partial charge in [0, 0.05) is 19.1 Å². The lowest BCUT2D eigenvalue weighted by Gasteiger charge is -2.11. The Labute approximate surface area is 105 Å². The van der Waals surface area contributed by atoms with E-state index in [1.807, 2.05) is 25.8 Å². The minimum atomic E-state index is -0.101. The Morgan fingerprint density at radius 3 is 2.82 bits per heavy atom. The van der Waals surface area contributed by atoms with Gasteiger partial charge in [0.05, 0.1) is 0 Å². The maximum absolute atomic E-state index is 12.0. The summed E-state index contributed by atoms with van der Waals surface area (Å²) in [7, 11) is 1.93. The first-order chi connectivity index (χ1) is 7.95. The molecule has 0 spiro atoms. The van der Waals surface area contributed by atoms with Gasteiger partial charge >= 0.3 is 0 Å². The van der Waals surface area contributed by atoms with Crippen LogP contribution >= 0.6 is 11.3 Å². The lowest BCUT2D eigenvalue weighted by atomic mass is 10.3. The van der Waals surface area contributed by atoms with E-state index in [0.29, 0.717) is 10.7 Å². The number of anilines is 2. The van der Waals surface area contributed by atoms with Gasteiger partial charge in [-0.25, -0.2) is 4.98 Å². The van der Waals surface area contributed by atoms with Gasteiger partial charge in [0.25, 0.3) is 5.91 Å². The first-order valence-electron chi connectivity index (χ1n) is 5.75. The number of rotatable bonds is 4. The van der Waals surface area contributed by atoms with Crippen molar-refractivity contribution in [1.29, 1.82) is 0 Å². The summed E-state index contributed by atoms with van der Waals surface area (Å²) in [5.74, 6) is 0.225. The molecule has 94 valence electrons. The van der Waals surface area contributed by atoms with Gasteiger partial charge in [0.15, 0.2) is 5.13 Å². The van der Waals surface area contributed by atoms with Crippen molar-refractivity contribution in [2.45, 2.75) is 32.2 Å². The van der Waals surface area contributed by atoms with E-state index >= 15 is 0 Å². The first kappa shape index (κ1) is 12.2. The third-order valence-corrected chi connectivity index (χ3v) is 4.25. The fourth-order valence-corrected chi connectivity index (χ4v) is 2.33. The first-order valence-corrected chi connectivity index (χ1v) is 6.57. The van der Waals surface area contributed by atoms with E-state index in [1.54, 1.807) is 0 Å². The molecular weight excluding hydrogens is 236 g/mol. The number of carbonyl (C=O) groups excluding carboxylic acids is 1. The van der Waals surface area contributed by atoms with Crippen molar-refractivity contribution in [3.8, 4) is 0 Å². The lowest BCUT2D eigenvalue weighted by molar-refractivity contribution is 0.0940. The minimum absolute atomic E-state index is 0.0235. The van der Waals surface area contributed by atoms with Crippen molar-refractivity contribution in [2.75, 3.05) is 24.2 Å². The van der Waals surface area contributed by atoms with Gasteiger partial charge < -0.3 is 16.0 Å². The Hall–Kier alpha value is -1.30. The van der Waals surface area contributed by atoms with Gasteiger partial charge in [-0.05, 0) is 26.7 Å². The standard InChI is InChI=1S/C11H18N4OS/c1-4-15(3)10-13-8(12)7(17-10)9(16)14-11(2)5-6-11/h4-6,12H2,1-3H3,(H,14,16). The number of thiazole rings is 1. The number of nitrogens with two attached hydrogens (primary N) is 1. The van der Waals surface area contributed by atoms with Crippen LogP contribution in [0.4, 0.5) is 10.9 Å². The van der Waals surface area contributed by atoms with Gasteiger partial charge in [-0.3, -0.25) is 4.79 Å². The highest BCUT2D eigenvalue weighted by molar-refractivity contribution is 7.18. The van der Waals surface area contributed by atoms with E-state index in [-0.39, 0.29) is 11.4 Å². The van der Waals surface area contributed by atoms with Crippen molar-refractivity contribution in [3.05, 3.63) is 4.88 Å². The Kier molecular flexibility index (Phi) is 2.99. The van der Waals surface area contributed by atoms with Crippen molar-refractivity contribution >= 4 is 28.2 Å². The van der Waals surface area contributed by atoms with Gasteiger partial charge in [-0.1, -0.05) is 11.3 Å². The molecule has 1 fully saturated rings.